The summed E-state index contributed by atoms with van der Waals surface area (Å²) in [5, 5.41) is 8.45. The fraction of sp³-hybridized carbons (Fsp3) is 0.789. The quantitative estimate of drug-likeness (QED) is 0.0251. The van der Waals surface area contributed by atoms with E-state index in [2.05, 4.69) is 36.7 Å². The molecule has 424 valence electrons. The van der Waals surface area contributed by atoms with Crippen LogP contribution in [-0.2, 0) is 49.4 Å². The molecule has 1 aromatic carbocycles. The van der Waals surface area contributed by atoms with Crippen LogP contribution in [0.15, 0.2) is 30.3 Å². The maximum absolute atomic E-state index is 13.3. The molecule has 0 radical (unpaired) electrons. The van der Waals surface area contributed by atoms with Crippen LogP contribution in [0.5, 0.6) is 0 Å². The Bertz CT molecular complexity index is 1790. The van der Waals surface area contributed by atoms with Crippen LogP contribution in [0.1, 0.15) is 211 Å². The topological polar surface area (TPSA) is 204 Å². The molecule has 5 amide bonds. The summed E-state index contributed by atoms with van der Waals surface area (Å²) in [6.45, 7) is 24.3. The number of hydrogen-bond acceptors (Lipinski definition) is 12. The van der Waals surface area contributed by atoms with Gasteiger partial charge in [0.05, 0.1) is 5.60 Å². The maximum Gasteiger partial charge on any atom is 0.410 e. The van der Waals surface area contributed by atoms with Crippen LogP contribution >= 0.6 is 0 Å². The zero-order valence-electron chi connectivity index (χ0n) is 47.8. The molecule has 1 aromatic rings. The van der Waals surface area contributed by atoms with Gasteiger partial charge < -0.3 is 54.2 Å². The minimum atomic E-state index is -0.964. The first kappa shape index (κ1) is 65.5. The second-order valence-electron chi connectivity index (χ2n) is 23.6. The van der Waals surface area contributed by atoms with Crippen LogP contribution in [0.25, 0.3) is 0 Å². The van der Waals surface area contributed by atoms with Gasteiger partial charge in [-0.15, -0.1) is 0 Å². The number of carbonyl (C=O) groups is 6. The van der Waals surface area contributed by atoms with Crippen molar-refractivity contribution in [3.8, 4) is 0 Å². The number of unbranched alkanes of at least 4 members (excludes halogenated alkanes) is 11. The summed E-state index contributed by atoms with van der Waals surface area (Å²) in [5.74, 6) is -1.11. The van der Waals surface area contributed by atoms with Crippen molar-refractivity contribution in [1.82, 2.24) is 25.8 Å². The summed E-state index contributed by atoms with van der Waals surface area (Å²) < 4.78 is 33.8. The molecule has 74 heavy (non-hydrogen) atoms. The Balaban J connectivity index is 1.74. The second-order valence-corrected chi connectivity index (χ2v) is 23.6. The molecule has 0 spiro atoms. The van der Waals surface area contributed by atoms with Crippen LogP contribution < -0.4 is 16.0 Å². The number of esters is 1. The number of rotatable bonds is 35. The van der Waals surface area contributed by atoms with Crippen molar-refractivity contribution in [3.63, 3.8) is 0 Å². The monoisotopic (exact) mass is 1050 g/mol. The van der Waals surface area contributed by atoms with Gasteiger partial charge in [0.2, 0.25) is 11.8 Å². The lowest BCUT2D eigenvalue weighted by Gasteiger charge is -2.29. The molecule has 1 heterocycles. The number of carbonyl (C=O) groups excluding carboxylic acids is 6. The largest absolute Gasteiger partial charge is 0.458 e. The normalized spacial score (nSPS) is 15.1. The first-order chi connectivity index (χ1) is 34.7. The van der Waals surface area contributed by atoms with Gasteiger partial charge in [0.1, 0.15) is 35.6 Å². The third-order valence-corrected chi connectivity index (χ3v) is 11.5. The third kappa shape index (κ3) is 34.8. The van der Waals surface area contributed by atoms with Crippen molar-refractivity contribution in [2.75, 3.05) is 39.3 Å². The van der Waals surface area contributed by atoms with Crippen molar-refractivity contribution in [2.24, 2.45) is 0 Å². The molecule has 1 fully saturated rings. The Labute approximate surface area is 445 Å². The lowest BCUT2D eigenvalue weighted by molar-refractivity contribution is -0.159. The molecular weight excluding hydrogens is 947 g/mol. The van der Waals surface area contributed by atoms with Gasteiger partial charge in [0, 0.05) is 52.1 Å². The minimum absolute atomic E-state index is 0.00847. The Kier molecular flexibility index (Phi) is 30.2. The molecule has 1 saturated heterocycles. The van der Waals surface area contributed by atoms with Gasteiger partial charge in [0.15, 0.2) is 6.29 Å². The van der Waals surface area contributed by atoms with Crippen LogP contribution in [0.4, 0.5) is 14.4 Å². The molecular formula is C57H99N5O12. The lowest BCUT2D eigenvalue weighted by Crippen LogP contribution is -2.44. The Morgan fingerprint density at radius 3 is 1.51 bits per heavy atom. The number of benzene rings is 1. The van der Waals surface area contributed by atoms with Crippen molar-refractivity contribution in [2.45, 2.75) is 253 Å². The average Bonchev–Trinajstić information content (AvgIpc) is 4.02. The summed E-state index contributed by atoms with van der Waals surface area (Å²) in [6.07, 6.45) is 14.7. The van der Waals surface area contributed by atoms with Gasteiger partial charge in [-0.3, -0.25) is 9.59 Å². The van der Waals surface area contributed by atoms with E-state index >= 15 is 0 Å². The molecule has 17 heteroatoms. The highest BCUT2D eigenvalue weighted by Gasteiger charge is 2.41. The first-order valence-corrected chi connectivity index (χ1v) is 27.7. The molecule has 0 saturated carbocycles. The Morgan fingerprint density at radius 2 is 1.01 bits per heavy atom. The molecule has 2 rings (SSSR count). The maximum atomic E-state index is 13.3. The van der Waals surface area contributed by atoms with Gasteiger partial charge in [-0.2, -0.15) is 0 Å². The summed E-state index contributed by atoms with van der Waals surface area (Å²) in [4.78, 5) is 81.1. The molecule has 1 aliphatic rings. The summed E-state index contributed by atoms with van der Waals surface area (Å²) in [6, 6.07) is 8.42. The molecule has 0 aromatic heterocycles. The number of ether oxygens (including phenoxy) is 6. The summed E-state index contributed by atoms with van der Waals surface area (Å²) in [7, 11) is 0. The molecule has 3 N–H and O–H groups in total. The van der Waals surface area contributed by atoms with Crippen molar-refractivity contribution < 1.29 is 57.2 Å². The van der Waals surface area contributed by atoms with Crippen LogP contribution in [-0.4, -0.2) is 126 Å². The molecule has 2 unspecified atom stereocenters. The highest BCUT2D eigenvalue weighted by Crippen LogP contribution is 2.32. The number of nitrogens with zero attached hydrogens (tertiary/aromatic N) is 2. The zero-order valence-corrected chi connectivity index (χ0v) is 47.8. The van der Waals surface area contributed by atoms with E-state index in [0.717, 1.165) is 37.7 Å². The molecule has 0 aliphatic carbocycles. The van der Waals surface area contributed by atoms with Crippen LogP contribution in [0.2, 0.25) is 0 Å². The minimum Gasteiger partial charge on any atom is -0.458 e. The van der Waals surface area contributed by atoms with E-state index in [4.69, 9.17) is 28.4 Å². The molecule has 0 bridgehead atoms. The van der Waals surface area contributed by atoms with Crippen LogP contribution in [0, 0.1) is 0 Å². The molecule has 3 atom stereocenters. The van der Waals surface area contributed by atoms with Gasteiger partial charge in [-0.1, -0.05) is 94.5 Å². The third-order valence-electron chi connectivity index (χ3n) is 11.5. The van der Waals surface area contributed by atoms with Crippen LogP contribution in [0.3, 0.4) is 0 Å². The van der Waals surface area contributed by atoms with E-state index in [1.807, 2.05) is 30.3 Å². The van der Waals surface area contributed by atoms with E-state index in [9.17, 15) is 28.8 Å². The van der Waals surface area contributed by atoms with E-state index in [1.54, 1.807) is 72.1 Å². The highest BCUT2D eigenvalue weighted by atomic mass is 16.8. The number of epoxide rings is 1. The fourth-order valence-electron chi connectivity index (χ4n) is 7.84. The van der Waals surface area contributed by atoms with E-state index < -0.39 is 47.1 Å². The zero-order chi connectivity index (χ0) is 55.2. The number of amides is 5. The van der Waals surface area contributed by atoms with Crippen molar-refractivity contribution in [1.29, 1.82) is 0 Å². The average molecular weight is 1050 g/mol. The van der Waals surface area contributed by atoms with Gasteiger partial charge in [-0.25, -0.2) is 19.2 Å². The predicted molar refractivity (Wildman–Crippen MR) is 288 cm³/mol. The van der Waals surface area contributed by atoms with E-state index in [1.165, 1.54) is 44.9 Å². The van der Waals surface area contributed by atoms with E-state index in [-0.39, 0.29) is 55.8 Å². The highest BCUT2D eigenvalue weighted by molar-refractivity contribution is 5.85. The van der Waals surface area contributed by atoms with Crippen molar-refractivity contribution >= 4 is 36.1 Å². The SMILES string of the molecule is CC(C)(C)OC(=O)[C@H](CCC(=O)NCCCN(CCCCN(CCCNC(=O)OCc1ccccc1)C(=O)OC(C)(C)C)C(=O)OC(C)(C)C)NC(=O)CCCCCCCCCCCCCC1OC1OC(C)(C)C. The molecule has 1 aliphatic heterocycles. The van der Waals surface area contributed by atoms with Gasteiger partial charge in [0.25, 0.3) is 0 Å². The van der Waals surface area contributed by atoms with Gasteiger partial charge in [-0.05, 0) is 134 Å². The summed E-state index contributed by atoms with van der Waals surface area (Å²) >= 11 is 0. The smallest absolute Gasteiger partial charge is 0.410 e. The first-order valence-electron chi connectivity index (χ1n) is 27.7. The summed E-state index contributed by atoms with van der Waals surface area (Å²) in [5.41, 5.74) is -1.47. The molecule has 17 nitrogen and oxygen atoms in total. The standard InChI is InChI=1S/C57H99N5O12/c1-54(2,3)71-49(65)45(60-48(64)34-26-21-19-17-15-13-14-16-18-20-25-33-46-50(70-46)72-55(4,5)6)35-36-47(63)58-37-29-41-61(52(67)73-56(7,8)9)39-27-28-40-62(53(68)74-57(10,11)12)42-30-38-59-51(66)69-43-44-31-23-22-24-32-44/h22-24,31-32,45-46,50H,13-21,25-30,33-43H2,1-12H3,(H,58,63)(H,59,66)(H,60,64)/t45-,46?,50?/m0/s1. The number of hydrogen-bond donors (Lipinski definition) is 3. The Morgan fingerprint density at radius 1 is 0.541 bits per heavy atom. The van der Waals surface area contributed by atoms with Gasteiger partial charge >= 0.3 is 24.2 Å². The predicted octanol–water partition coefficient (Wildman–Crippen LogP) is 11.3. The van der Waals surface area contributed by atoms with E-state index in [0.29, 0.717) is 64.8 Å². The lowest BCUT2D eigenvalue weighted by atomic mass is 10.0. The number of alkyl carbamates (subject to hydrolysis) is 1. The van der Waals surface area contributed by atoms with Crippen molar-refractivity contribution in [3.05, 3.63) is 35.9 Å². The fourth-order valence-corrected chi connectivity index (χ4v) is 7.84. The Hall–Kier alpha value is -4.64. The second kappa shape index (κ2) is 34.1. The number of nitrogens with one attached hydrogen (secondary N) is 3.